The van der Waals surface area contributed by atoms with Crippen LogP contribution in [-0.4, -0.2) is 9.55 Å². The Kier molecular flexibility index (Phi) is 2.37. The smallest absolute Gasteiger partial charge is 0.305 e. The van der Waals surface area contributed by atoms with Gasteiger partial charge in [0.1, 0.15) is 0 Å². The zero-order valence-corrected chi connectivity index (χ0v) is 10.4. The van der Waals surface area contributed by atoms with E-state index >= 15 is 0 Å². The molecule has 0 saturated carbocycles. The van der Waals surface area contributed by atoms with Crippen molar-refractivity contribution >= 4 is 27.0 Å². The van der Waals surface area contributed by atoms with E-state index in [9.17, 15) is 4.79 Å². The Morgan fingerprint density at radius 3 is 2.59 bits per heavy atom. The molecule has 0 aliphatic carbocycles. The Labute approximate surface area is 106 Å². The molecule has 0 fully saturated rings. The van der Waals surface area contributed by atoms with Crippen LogP contribution in [0.15, 0.2) is 57.8 Å². The molecule has 0 aliphatic rings. The highest BCUT2D eigenvalue weighted by molar-refractivity contribution is 9.10. The van der Waals surface area contributed by atoms with Crippen molar-refractivity contribution in [1.82, 2.24) is 9.55 Å². The molecule has 0 bridgehead atoms. The second-order valence-electron chi connectivity index (χ2n) is 3.76. The SMILES string of the molecule is O=c1[nH]c2cc(Br)ccc2n1-c1ccccc1. The van der Waals surface area contributed by atoms with Crippen LogP contribution in [0, 0.1) is 0 Å². The lowest BCUT2D eigenvalue weighted by Gasteiger charge is -2.02. The number of aromatic amines is 1. The number of hydrogen-bond acceptors (Lipinski definition) is 1. The van der Waals surface area contributed by atoms with Crippen molar-refractivity contribution in [2.24, 2.45) is 0 Å². The van der Waals surface area contributed by atoms with E-state index in [2.05, 4.69) is 20.9 Å². The van der Waals surface area contributed by atoms with Crippen molar-refractivity contribution < 1.29 is 0 Å². The Hall–Kier alpha value is -1.81. The highest BCUT2D eigenvalue weighted by Crippen LogP contribution is 2.19. The fourth-order valence-corrected chi connectivity index (χ4v) is 2.28. The maximum absolute atomic E-state index is 11.9. The summed E-state index contributed by atoms with van der Waals surface area (Å²) >= 11 is 3.39. The van der Waals surface area contributed by atoms with E-state index in [4.69, 9.17) is 0 Å². The molecule has 0 aliphatic heterocycles. The Balaban J connectivity index is 2.37. The molecule has 0 atom stereocenters. The summed E-state index contributed by atoms with van der Waals surface area (Å²) in [5, 5.41) is 0. The summed E-state index contributed by atoms with van der Waals surface area (Å²) in [7, 11) is 0. The van der Waals surface area contributed by atoms with Gasteiger partial charge in [-0.25, -0.2) is 4.79 Å². The molecule has 84 valence electrons. The van der Waals surface area contributed by atoms with Crippen molar-refractivity contribution in [1.29, 1.82) is 0 Å². The van der Waals surface area contributed by atoms with Gasteiger partial charge in [-0.05, 0) is 30.3 Å². The topological polar surface area (TPSA) is 37.8 Å². The zero-order valence-electron chi connectivity index (χ0n) is 8.85. The number of fused-ring (bicyclic) bond motifs is 1. The van der Waals surface area contributed by atoms with Crippen LogP contribution >= 0.6 is 15.9 Å². The van der Waals surface area contributed by atoms with Crippen LogP contribution in [0.1, 0.15) is 0 Å². The largest absolute Gasteiger partial charge is 0.331 e. The first-order chi connectivity index (χ1) is 8.25. The molecule has 3 rings (SSSR count). The van der Waals surface area contributed by atoms with Gasteiger partial charge in [0.15, 0.2) is 0 Å². The van der Waals surface area contributed by atoms with Crippen molar-refractivity contribution in [3.63, 3.8) is 0 Å². The first kappa shape index (κ1) is 10.4. The van der Waals surface area contributed by atoms with E-state index < -0.39 is 0 Å². The summed E-state index contributed by atoms with van der Waals surface area (Å²) in [4.78, 5) is 14.8. The Bertz CT molecular complexity index is 728. The molecule has 1 N–H and O–H groups in total. The van der Waals surface area contributed by atoms with Gasteiger partial charge in [0.05, 0.1) is 16.7 Å². The number of imidazole rings is 1. The molecule has 0 saturated heterocycles. The number of benzene rings is 2. The fraction of sp³-hybridized carbons (Fsp3) is 0. The predicted molar refractivity (Wildman–Crippen MR) is 71.6 cm³/mol. The second kappa shape index (κ2) is 3.89. The molecule has 1 heterocycles. The van der Waals surface area contributed by atoms with Gasteiger partial charge in [-0.1, -0.05) is 34.1 Å². The molecule has 3 nitrogen and oxygen atoms in total. The van der Waals surface area contributed by atoms with Gasteiger partial charge in [-0.2, -0.15) is 0 Å². The highest BCUT2D eigenvalue weighted by Gasteiger charge is 2.07. The minimum atomic E-state index is -0.121. The van der Waals surface area contributed by atoms with E-state index in [1.165, 1.54) is 0 Å². The van der Waals surface area contributed by atoms with Crippen LogP contribution in [0.5, 0.6) is 0 Å². The van der Waals surface area contributed by atoms with Crippen LogP contribution in [0.3, 0.4) is 0 Å². The van der Waals surface area contributed by atoms with Gasteiger partial charge in [0, 0.05) is 4.47 Å². The number of para-hydroxylation sites is 1. The molecular weight excluding hydrogens is 280 g/mol. The fourth-order valence-electron chi connectivity index (χ4n) is 1.92. The van der Waals surface area contributed by atoms with Gasteiger partial charge >= 0.3 is 5.69 Å². The summed E-state index contributed by atoms with van der Waals surface area (Å²) in [6.07, 6.45) is 0. The molecule has 17 heavy (non-hydrogen) atoms. The van der Waals surface area contributed by atoms with Crippen molar-refractivity contribution in [3.8, 4) is 5.69 Å². The quantitative estimate of drug-likeness (QED) is 0.734. The maximum atomic E-state index is 11.9. The van der Waals surface area contributed by atoms with Gasteiger partial charge < -0.3 is 4.98 Å². The lowest BCUT2D eigenvalue weighted by atomic mass is 10.3. The van der Waals surface area contributed by atoms with E-state index in [-0.39, 0.29) is 5.69 Å². The normalized spacial score (nSPS) is 10.9. The molecule has 0 spiro atoms. The van der Waals surface area contributed by atoms with Crippen LogP contribution in [0.25, 0.3) is 16.7 Å². The first-order valence-electron chi connectivity index (χ1n) is 5.21. The lowest BCUT2D eigenvalue weighted by Crippen LogP contribution is -2.14. The monoisotopic (exact) mass is 288 g/mol. The maximum Gasteiger partial charge on any atom is 0.331 e. The first-order valence-corrected chi connectivity index (χ1v) is 6.01. The molecule has 0 unspecified atom stereocenters. The molecule has 3 aromatic rings. The minimum absolute atomic E-state index is 0.121. The van der Waals surface area contributed by atoms with Crippen LogP contribution < -0.4 is 5.69 Å². The predicted octanol–water partition coefficient (Wildman–Crippen LogP) is 3.08. The number of H-pyrrole nitrogens is 1. The number of hydrogen-bond donors (Lipinski definition) is 1. The van der Waals surface area contributed by atoms with Crippen molar-refractivity contribution in [3.05, 3.63) is 63.5 Å². The average molecular weight is 289 g/mol. The molecule has 1 aromatic heterocycles. The standard InChI is InChI=1S/C13H9BrN2O/c14-9-6-7-12-11(8-9)15-13(17)16(12)10-4-2-1-3-5-10/h1-8H,(H,15,17). The van der Waals surface area contributed by atoms with Gasteiger partial charge in [-0.3, -0.25) is 4.57 Å². The molecular formula is C13H9BrN2O. The van der Waals surface area contributed by atoms with E-state index in [1.807, 2.05) is 48.5 Å². The van der Waals surface area contributed by atoms with Crippen molar-refractivity contribution in [2.75, 3.05) is 0 Å². The number of nitrogens with one attached hydrogen (secondary N) is 1. The Morgan fingerprint density at radius 2 is 1.82 bits per heavy atom. The minimum Gasteiger partial charge on any atom is -0.305 e. The van der Waals surface area contributed by atoms with Crippen LogP contribution in [-0.2, 0) is 0 Å². The molecule has 2 aromatic carbocycles. The number of rotatable bonds is 1. The third kappa shape index (κ3) is 1.70. The van der Waals surface area contributed by atoms with Gasteiger partial charge in [0.25, 0.3) is 0 Å². The molecule has 0 radical (unpaired) electrons. The van der Waals surface area contributed by atoms with Crippen molar-refractivity contribution in [2.45, 2.75) is 0 Å². The second-order valence-corrected chi connectivity index (χ2v) is 4.68. The Morgan fingerprint density at radius 1 is 1.06 bits per heavy atom. The summed E-state index contributed by atoms with van der Waals surface area (Å²) < 4.78 is 2.62. The average Bonchev–Trinajstić information content (AvgIpc) is 2.65. The third-order valence-electron chi connectivity index (χ3n) is 2.66. The molecule has 0 amide bonds. The van der Waals surface area contributed by atoms with Crippen LogP contribution in [0.4, 0.5) is 0 Å². The van der Waals surface area contributed by atoms with E-state index in [0.29, 0.717) is 0 Å². The lowest BCUT2D eigenvalue weighted by molar-refractivity contribution is 1.02. The summed E-state index contributed by atoms with van der Waals surface area (Å²) in [6.45, 7) is 0. The summed E-state index contributed by atoms with van der Waals surface area (Å²) in [5.74, 6) is 0. The summed E-state index contributed by atoms with van der Waals surface area (Å²) in [5.41, 5.74) is 2.45. The number of nitrogens with zero attached hydrogens (tertiary/aromatic N) is 1. The van der Waals surface area contributed by atoms with Crippen LogP contribution in [0.2, 0.25) is 0 Å². The van der Waals surface area contributed by atoms with E-state index in [1.54, 1.807) is 4.57 Å². The number of halogens is 1. The number of aromatic nitrogens is 2. The zero-order chi connectivity index (χ0) is 11.8. The highest BCUT2D eigenvalue weighted by atomic mass is 79.9. The van der Waals surface area contributed by atoms with Gasteiger partial charge in [0.2, 0.25) is 0 Å². The van der Waals surface area contributed by atoms with Gasteiger partial charge in [-0.15, -0.1) is 0 Å². The third-order valence-corrected chi connectivity index (χ3v) is 3.15. The summed E-state index contributed by atoms with van der Waals surface area (Å²) in [6, 6.07) is 15.3. The molecule has 4 heteroatoms. The van der Waals surface area contributed by atoms with E-state index in [0.717, 1.165) is 21.2 Å².